The first-order valence-corrected chi connectivity index (χ1v) is 5.57. The predicted octanol–water partition coefficient (Wildman–Crippen LogP) is 1.44. The lowest BCUT2D eigenvalue weighted by molar-refractivity contribution is -0.384. The minimum atomic E-state index is -0.589. The van der Waals surface area contributed by atoms with Gasteiger partial charge in [0.1, 0.15) is 6.20 Å². The van der Waals surface area contributed by atoms with Crippen molar-refractivity contribution in [2.45, 2.75) is 0 Å². The quantitative estimate of drug-likeness (QED) is 0.636. The summed E-state index contributed by atoms with van der Waals surface area (Å²) in [4.78, 5) is 17.7. The van der Waals surface area contributed by atoms with Crippen molar-refractivity contribution in [2.24, 2.45) is 0 Å². The second kappa shape index (κ2) is 4.53. The van der Waals surface area contributed by atoms with Crippen molar-refractivity contribution < 1.29 is 14.4 Å². The standard InChI is InChI=1S/C11H9N5O4/c12-11-13-4-7(16(17)18)10(15-11)14-6-1-2-8-9(3-6)20-5-19-8/h1-4H,5H2,(H3,12,13,14,15). The minimum Gasteiger partial charge on any atom is -0.454 e. The number of aromatic nitrogens is 2. The highest BCUT2D eigenvalue weighted by Gasteiger charge is 2.18. The second-order valence-corrected chi connectivity index (χ2v) is 3.91. The van der Waals surface area contributed by atoms with E-state index in [2.05, 4.69) is 15.3 Å². The van der Waals surface area contributed by atoms with Crippen molar-refractivity contribution in [1.82, 2.24) is 9.97 Å². The van der Waals surface area contributed by atoms with E-state index in [4.69, 9.17) is 15.2 Å². The van der Waals surface area contributed by atoms with Gasteiger partial charge >= 0.3 is 5.69 Å². The third kappa shape index (κ3) is 2.11. The average Bonchev–Trinajstić information content (AvgIpc) is 2.85. The minimum absolute atomic E-state index is 0.0152. The number of nitrogens with one attached hydrogen (secondary N) is 1. The van der Waals surface area contributed by atoms with Crippen LogP contribution in [0.1, 0.15) is 0 Å². The van der Waals surface area contributed by atoms with Gasteiger partial charge in [0.15, 0.2) is 11.5 Å². The summed E-state index contributed by atoms with van der Waals surface area (Å²) in [7, 11) is 0. The van der Waals surface area contributed by atoms with Crippen LogP contribution in [0.2, 0.25) is 0 Å². The number of ether oxygens (including phenoxy) is 2. The zero-order chi connectivity index (χ0) is 14.1. The Bertz CT molecular complexity index is 691. The molecule has 3 rings (SSSR count). The lowest BCUT2D eigenvalue weighted by atomic mass is 10.2. The second-order valence-electron chi connectivity index (χ2n) is 3.91. The number of fused-ring (bicyclic) bond motifs is 1. The molecule has 2 heterocycles. The van der Waals surface area contributed by atoms with Crippen LogP contribution in [0.4, 0.5) is 23.1 Å². The van der Waals surface area contributed by atoms with Crippen LogP contribution in [0.3, 0.4) is 0 Å². The van der Waals surface area contributed by atoms with Gasteiger partial charge in [0, 0.05) is 11.8 Å². The first-order valence-electron chi connectivity index (χ1n) is 5.57. The van der Waals surface area contributed by atoms with Crippen LogP contribution in [0.5, 0.6) is 11.5 Å². The van der Waals surface area contributed by atoms with E-state index in [1.54, 1.807) is 18.2 Å². The number of hydrogen-bond donors (Lipinski definition) is 2. The lowest BCUT2D eigenvalue weighted by Gasteiger charge is -2.07. The van der Waals surface area contributed by atoms with E-state index in [1.165, 1.54) is 0 Å². The van der Waals surface area contributed by atoms with Crippen LogP contribution in [0, 0.1) is 10.1 Å². The van der Waals surface area contributed by atoms with Gasteiger partial charge in [0.2, 0.25) is 18.6 Å². The number of benzene rings is 1. The van der Waals surface area contributed by atoms with Crippen molar-refractivity contribution in [1.29, 1.82) is 0 Å². The summed E-state index contributed by atoms with van der Waals surface area (Å²) in [5.41, 5.74) is 5.74. The molecule has 0 saturated heterocycles. The summed E-state index contributed by atoms with van der Waals surface area (Å²) in [6.07, 6.45) is 1.05. The molecule has 0 saturated carbocycles. The van der Waals surface area contributed by atoms with Gasteiger partial charge in [-0.3, -0.25) is 10.1 Å². The summed E-state index contributed by atoms with van der Waals surface area (Å²) in [5, 5.41) is 13.7. The Balaban J connectivity index is 1.95. The first-order chi connectivity index (χ1) is 9.63. The molecule has 1 aliphatic heterocycles. The fraction of sp³-hybridized carbons (Fsp3) is 0.0909. The molecular weight excluding hydrogens is 266 g/mol. The van der Waals surface area contributed by atoms with Crippen molar-refractivity contribution in [3.8, 4) is 11.5 Å². The van der Waals surface area contributed by atoms with Crippen molar-refractivity contribution >= 4 is 23.1 Å². The molecule has 0 bridgehead atoms. The molecule has 102 valence electrons. The summed E-state index contributed by atoms with van der Waals surface area (Å²) < 4.78 is 10.4. The number of nitrogens with two attached hydrogens (primary N) is 1. The van der Waals surface area contributed by atoms with Crippen molar-refractivity contribution in [3.05, 3.63) is 34.5 Å². The molecule has 0 amide bonds. The van der Waals surface area contributed by atoms with Gasteiger partial charge in [0.25, 0.3) is 0 Å². The predicted molar refractivity (Wildman–Crippen MR) is 68.9 cm³/mol. The maximum absolute atomic E-state index is 10.9. The number of rotatable bonds is 3. The summed E-state index contributed by atoms with van der Waals surface area (Å²) in [5.74, 6) is 1.13. The molecule has 0 unspecified atom stereocenters. The van der Waals surface area contributed by atoms with Crippen LogP contribution < -0.4 is 20.5 Å². The summed E-state index contributed by atoms with van der Waals surface area (Å²) in [6, 6.07) is 5.04. The largest absolute Gasteiger partial charge is 0.454 e. The van der Waals surface area contributed by atoms with E-state index in [0.717, 1.165) is 6.20 Å². The van der Waals surface area contributed by atoms with Crippen LogP contribution in [0.15, 0.2) is 24.4 Å². The number of nitrogens with zero attached hydrogens (tertiary/aromatic N) is 3. The van der Waals surface area contributed by atoms with Gasteiger partial charge < -0.3 is 20.5 Å². The van der Waals surface area contributed by atoms with Gasteiger partial charge in [-0.25, -0.2) is 4.98 Å². The Hall–Kier alpha value is -3.10. The molecule has 20 heavy (non-hydrogen) atoms. The third-order valence-corrected chi connectivity index (χ3v) is 2.62. The van der Waals surface area contributed by atoms with Gasteiger partial charge in [-0.15, -0.1) is 0 Å². The van der Waals surface area contributed by atoms with Gasteiger partial charge in [-0.05, 0) is 12.1 Å². The first kappa shape index (κ1) is 12.0. The number of nitro groups is 1. The fourth-order valence-electron chi connectivity index (χ4n) is 1.73. The zero-order valence-corrected chi connectivity index (χ0v) is 10.1. The molecule has 9 nitrogen and oxygen atoms in total. The lowest BCUT2D eigenvalue weighted by Crippen LogP contribution is -2.04. The van der Waals surface area contributed by atoms with E-state index >= 15 is 0 Å². The Morgan fingerprint density at radius 3 is 2.95 bits per heavy atom. The number of anilines is 3. The Morgan fingerprint density at radius 1 is 1.35 bits per heavy atom. The molecule has 3 N–H and O–H groups in total. The molecule has 0 fully saturated rings. The maximum atomic E-state index is 10.9. The SMILES string of the molecule is Nc1ncc([N+](=O)[O-])c(Nc2ccc3c(c2)OCO3)n1. The number of hydrogen-bond acceptors (Lipinski definition) is 8. The molecule has 1 aromatic carbocycles. The molecule has 0 aliphatic carbocycles. The molecule has 9 heteroatoms. The Kier molecular flexibility index (Phi) is 2.71. The molecule has 1 aromatic heterocycles. The van der Waals surface area contributed by atoms with Crippen molar-refractivity contribution in [2.75, 3.05) is 17.8 Å². The topological polar surface area (TPSA) is 125 Å². The fourth-order valence-corrected chi connectivity index (χ4v) is 1.73. The average molecular weight is 275 g/mol. The van der Waals surface area contributed by atoms with E-state index < -0.39 is 4.92 Å². The molecule has 0 radical (unpaired) electrons. The molecular formula is C11H9N5O4. The van der Waals surface area contributed by atoms with E-state index in [1.807, 2.05) is 0 Å². The van der Waals surface area contributed by atoms with Crippen LogP contribution >= 0.6 is 0 Å². The van der Waals surface area contributed by atoms with Gasteiger partial charge in [-0.1, -0.05) is 0 Å². The highest BCUT2D eigenvalue weighted by Crippen LogP contribution is 2.35. The van der Waals surface area contributed by atoms with Crippen LogP contribution in [-0.4, -0.2) is 21.7 Å². The van der Waals surface area contributed by atoms with Crippen molar-refractivity contribution in [3.63, 3.8) is 0 Å². The third-order valence-electron chi connectivity index (χ3n) is 2.62. The highest BCUT2D eigenvalue weighted by molar-refractivity contribution is 5.68. The molecule has 0 atom stereocenters. The van der Waals surface area contributed by atoms with Gasteiger partial charge in [-0.2, -0.15) is 4.98 Å². The Labute approximate surface area is 112 Å². The van der Waals surface area contributed by atoms with Crippen LogP contribution in [-0.2, 0) is 0 Å². The molecule has 0 spiro atoms. The van der Waals surface area contributed by atoms with Crippen LogP contribution in [0.25, 0.3) is 0 Å². The summed E-state index contributed by atoms with van der Waals surface area (Å²) in [6.45, 7) is 0.152. The normalized spacial score (nSPS) is 12.2. The van der Waals surface area contributed by atoms with E-state index in [-0.39, 0.29) is 24.2 Å². The smallest absolute Gasteiger partial charge is 0.329 e. The Morgan fingerprint density at radius 2 is 2.15 bits per heavy atom. The highest BCUT2D eigenvalue weighted by atomic mass is 16.7. The zero-order valence-electron chi connectivity index (χ0n) is 10.1. The number of nitrogen functional groups attached to an aromatic ring is 1. The maximum Gasteiger partial charge on any atom is 0.329 e. The summed E-state index contributed by atoms with van der Waals surface area (Å²) >= 11 is 0. The van der Waals surface area contributed by atoms with E-state index in [9.17, 15) is 10.1 Å². The molecule has 1 aliphatic rings. The van der Waals surface area contributed by atoms with Gasteiger partial charge in [0.05, 0.1) is 4.92 Å². The monoisotopic (exact) mass is 275 g/mol. The van der Waals surface area contributed by atoms with E-state index in [0.29, 0.717) is 17.2 Å². The molecule has 2 aromatic rings.